The summed E-state index contributed by atoms with van der Waals surface area (Å²) in [5.74, 6) is -2.26. The zero-order valence-corrected chi connectivity index (χ0v) is 15.2. The van der Waals surface area contributed by atoms with E-state index in [1.54, 1.807) is 42.5 Å². The Morgan fingerprint density at radius 1 is 1.00 bits per heavy atom. The summed E-state index contributed by atoms with van der Waals surface area (Å²) in [6.07, 6.45) is 0. The molecule has 0 saturated heterocycles. The topological polar surface area (TPSA) is 98.5 Å². The van der Waals surface area contributed by atoms with Gasteiger partial charge in [-0.25, -0.2) is 4.39 Å². The van der Waals surface area contributed by atoms with Crippen LogP contribution in [0.3, 0.4) is 0 Å². The number of hydrogen-bond donors (Lipinski definition) is 1. The Morgan fingerprint density at radius 2 is 1.66 bits per heavy atom. The lowest BCUT2D eigenvalue weighted by Crippen LogP contribution is -2.09. The van der Waals surface area contributed by atoms with Crippen molar-refractivity contribution in [3.05, 3.63) is 93.8 Å². The van der Waals surface area contributed by atoms with Gasteiger partial charge in [-0.05, 0) is 12.1 Å². The van der Waals surface area contributed by atoms with Crippen molar-refractivity contribution in [2.75, 3.05) is 5.32 Å². The van der Waals surface area contributed by atoms with Crippen LogP contribution in [0, 0.1) is 15.9 Å². The van der Waals surface area contributed by atoms with Gasteiger partial charge in [0.05, 0.1) is 16.6 Å². The van der Waals surface area contributed by atoms with Gasteiger partial charge < -0.3 is 10.1 Å². The Labute approximate surface area is 164 Å². The summed E-state index contributed by atoms with van der Waals surface area (Å²) in [4.78, 5) is 34.5. The fourth-order valence-corrected chi connectivity index (χ4v) is 2.67. The lowest BCUT2D eigenvalue weighted by atomic mass is 10.0. The van der Waals surface area contributed by atoms with Crippen LogP contribution in [0.2, 0.25) is 0 Å². The van der Waals surface area contributed by atoms with E-state index in [0.717, 1.165) is 19.1 Å². The number of nitrogens with one attached hydrogen (secondary N) is 1. The second-order valence-electron chi connectivity index (χ2n) is 6.03. The number of para-hydroxylation sites is 1. The number of rotatable bonds is 6. The van der Waals surface area contributed by atoms with Crippen LogP contribution in [0.15, 0.2) is 66.7 Å². The van der Waals surface area contributed by atoms with Crippen molar-refractivity contribution < 1.29 is 23.6 Å². The standard InChI is InChI=1S/C21H15FN2O5/c1-13(25)23-17-11-16(22)20(12-18(17)24(27)28)29-19-10-6-5-9-15(19)21(26)14-7-3-2-4-8-14/h2-12H,1H3,(H,23,25). The Balaban J connectivity index is 2.01. The lowest BCUT2D eigenvalue weighted by Gasteiger charge is -2.12. The van der Waals surface area contributed by atoms with E-state index < -0.39 is 28.1 Å². The largest absolute Gasteiger partial charge is 0.453 e. The molecule has 0 heterocycles. The molecule has 0 saturated carbocycles. The van der Waals surface area contributed by atoms with E-state index in [-0.39, 0.29) is 22.8 Å². The normalized spacial score (nSPS) is 10.3. The minimum atomic E-state index is -0.929. The van der Waals surface area contributed by atoms with Crippen LogP contribution in [0.4, 0.5) is 15.8 Å². The van der Waals surface area contributed by atoms with E-state index >= 15 is 0 Å². The van der Waals surface area contributed by atoms with E-state index in [1.165, 1.54) is 12.1 Å². The number of carbonyl (C=O) groups excluding carboxylic acids is 2. The van der Waals surface area contributed by atoms with E-state index in [1.807, 2.05) is 0 Å². The maximum Gasteiger partial charge on any atom is 0.296 e. The fourth-order valence-electron chi connectivity index (χ4n) is 2.67. The van der Waals surface area contributed by atoms with Crippen molar-refractivity contribution in [2.24, 2.45) is 0 Å². The van der Waals surface area contributed by atoms with Crippen molar-refractivity contribution in [1.29, 1.82) is 0 Å². The van der Waals surface area contributed by atoms with Crippen LogP contribution in [0.5, 0.6) is 11.5 Å². The Hall–Kier alpha value is -4.07. The first-order chi connectivity index (χ1) is 13.9. The van der Waals surface area contributed by atoms with Crippen LogP contribution in [-0.2, 0) is 4.79 Å². The summed E-state index contributed by atoms with van der Waals surface area (Å²) < 4.78 is 20.0. The average Bonchev–Trinajstić information content (AvgIpc) is 2.70. The molecule has 0 fully saturated rings. The highest BCUT2D eigenvalue weighted by Gasteiger charge is 2.22. The van der Waals surface area contributed by atoms with Gasteiger partial charge in [0.1, 0.15) is 11.4 Å². The number of halogens is 1. The third-order valence-electron chi connectivity index (χ3n) is 3.95. The van der Waals surface area contributed by atoms with E-state index in [0.29, 0.717) is 5.56 Å². The SMILES string of the molecule is CC(=O)Nc1cc(F)c(Oc2ccccc2C(=O)c2ccccc2)cc1[N+](=O)[O-]. The highest BCUT2D eigenvalue weighted by atomic mass is 19.1. The van der Waals surface area contributed by atoms with Gasteiger partial charge in [0.15, 0.2) is 17.3 Å². The van der Waals surface area contributed by atoms with Crippen molar-refractivity contribution >= 4 is 23.1 Å². The van der Waals surface area contributed by atoms with E-state index in [9.17, 15) is 24.1 Å². The summed E-state index contributed by atoms with van der Waals surface area (Å²) in [5, 5.41) is 13.5. The third-order valence-corrected chi connectivity index (χ3v) is 3.95. The summed E-state index contributed by atoms with van der Waals surface area (Å²) in [6.45, 7) is 1.15. The molecule has 8 heteroatoms. The Morgan fingerprint density at radius 3 is 2.31 bits per heavy atom. The highest BCUT2D eigenvalue weighted by molar-refractivity contribution is 6.10. The summed E-state index contributed by atoms with van der Waals surface area (Å²) in [7, 11) is 0. The molecule has 7 nitrogen and oxygen atoms in total. The van der Waals surface area contributed by atoms with Crippen LogP contribution < -0.4 is 10.1 Å². The van der Waals surface area contributed by atoms with Gasteiger partial charge in [-0.2, -0.15) is 0 Å². The molecule has 0 aliphatic rings. The molecule has 0 bridgehead atoms. The van der Waals surface area contributed by atoms with E-state index in [2.05, 4.69) is 5.32 Å². The van der Waals surface area contributed by atoms with Gasteiger partial charge in [-0.1, -0.05) is 42.5 Å². The zero-order chi connectivity index (χ0) is 21.0. The predicted octanol–water partition coefficient (Wildman–Crippen LogP) is 4.72. The van der Waals surface area contributed by atoms with Gasteiger partial charge in [-0.15, -0.1) is 0 Å². The number of nitrogens with zero attached hydrogens (tertiary/aromatic N) is 1. The number of ketones is 1. The van der Waals surface area contributed by atoms with Crippen LogP contribution >= 0.6 is 0 Å². The number of nitro groups is 1. The van der Waals surface area contributed by atoms with Gasteiger partial charge in [0.25, 0.3) is 5.69 Å². The summed E-state index contributed by atoms with van der Waals surface area (Å²) in [6, 6.07) is 16.3. The molecular weight excluding hydrogens is 379 g/mol. The maximum absolute atomic E-state index is 14.5. The first kappa shape index (κ1) is 19.7. The van der Waals surface area contributed by atoms with Crippen LogP contribution in [-0.4, -0.2) is 16.6 Å². The van der Waals surface area contributed by atoms with Crippen molar-refractivity contribution in [3.63, 3.8) is 0 Å². The minimum Gasteiger partial charge on any atom is -0.453 e. The second-order valence-corrected chi connectivity index (χ2v) is 6.03. The number of ether oxygens (including phenoxy) is 1. The molecule has 0 unspecified atom stereocenters. The molecule has 1 amide bonds. The van der Waals surface area contributed by atoms with E-state index in [4.69, 9.17) is 4.74 Å². The molecule has 3 rings (SSSR count). The molecular formula is C21H15FN2O5. The molecule has 0 radical (unpaired) electrons. The van der Waals surface area contributed by atoms with Crippen LogP contribution in [0.25, 0.3) is 0 Å². The summed E-state index contributed by atoms with van der Waals surface area (Å²) in [5.41, 5.74) is -0.243. The molecule has 1 N–H and O–H groups in total. The number of amides is 1. The predicted molar refractivity (Wildman–Crippen MR) is 104 cm³/mol. The number of carbonyl (C=O) groups is 2. The molecule has 0 aliphatic heterocycles. The highest BCUT2D eigenvalue weighted by Crippen LogP contribution is 2.35. The van der Waals surface area contributed by atoms with Crippen molar-refractivity contribution in [1.82, 2.24) is 0 Å². The first-order valence-electron chi connectivity index (χ1n) is 8.49. The third kappa shape index (κ3) is 4.44. The molecule has 29 heavy (non-hydrogen) atoms. The van der Waals surface area contributed by atoms with Gasteiger partial charge in [0.2, 0.25) is 5.91 Å². The number of hydrogen-bond acceptors (Lipinski definition) is 5. The quantitative estimate of drug-likeness (QED) is 0.371. The number of benzene rings is 3. The number of nitro benzene ring substituents is 1. The molecule has 3 aromatic rings. The van der Waals surface area contributed by atoms with Crippen molar-refractivity contribution in [2.45, 2.75) is 6.92 Å². The van der Waals surface area contributed by atoms with Gasteiger partial charge in [0, 0.05) is 18.6 Å². The maximum atomic E-state index is 14.5. The van der Waals surface area contributed by atoms with Crippen molar-refractivity contribution in [3.8, 4) is 11.5 Å². The Bertz CT molecular complexity index is 1100. The second kappa shape index (κ2) is 8.30. The first-order valence-corrected chi connectivity index (χ1v) is 8.49. The molecule has 0 aromatic heterocycles. The monoisotopic (exact) mass is 394 g/mol. The minimum absolute atomic E-state index is 0.0434. The zero-order valence-electron chi connectivity index (χ0n) is 15.2. The molecule has 0 atom stereocenters. The number of anilines is 1. The molecule has 3 aromatic carbocycles. The summed E-state index contributed by atoms with van der Waals surface area (Å²) >= 11 is 0. The Kier molecular flexibility index (Phi) is 5.64. The molecule has 146 valence electrons. The fraction of sp³-hybridized carbons (Fsp3) is 0.0476. The molecule has 0 spiro atoms. The smallest absolute Gasteiger partial charge is 0.296 e. The van der Waals surface area contributed by atoms with Gasteiger partial charge in [-0.3, -0.25) is 19.7 Å². The molecule has 0 aliphatic carbocycles. The van der Waals surface area contributed by atoms with Crippen LogP contribution in [0.1, 0.15) is 22.8 Å². The average molecular weight is 394 g/mol. The van der Waals surface area contributed by atoms with Gasteiger partial charge >= 0.3 is 0 Å². The lowest BCUT2D eigenvalue weighted by molar-refractivity contribution is -0.384.